The molecule has 2 aromatic rings. The Hall–Kier alpha value is -2.24. The van der Waals surface area contributed by atoms with Crippen LogP contribution >= 0.6 is 0 Å². The molecule has 3 heterocycles. The molecule has 0 bridgehead atoms. The van der Waals surface area contributed by atoms with Gasteiger partial charge in [0.15, 0.2) is 5.76 Å². The lowest BCUT2D eigenvalue weighted by Crippen LogP contribution is -2.38. The third-order valence-electron chi connectivity index (χ3n) is 4.09. The molecule has 1 atom stereocenters. The summed E-state index contributed by atoms with van der Waals surface area (Å²) in [7, 11) is 0. The topological polar surface area (TPSA) is 72.1 Å². The van der Waals surface area contributed by atoms with Crippen molar-refractivity contribution in [3.05, 3.63) is 29.5 Å². The van der Waals surface area contributed by atoms with E-state index < -0.39 is 0 Å². The SMILES string of the molecule is CC(=O)N1CCC[C@H](c2nc(C)ncc2-c2cc(C)no2)C1. The minimum absolute atomic E-state index is 0.118. The molecule has 0 spiro atoms. The molecule has 1 fully saturated rings. The van der Waals surface area contributed by atoms with Gasteiger partial charge in [0.25, 0.3) is 0 Å². The number of likely N-dealkylation sites (tertiary alicyclic amines) is 1. The van der Waals surface area contributed by atoms with Gasteiger partial charge in [0, 0.05) is 38.2 Å². The Bertz CT molecular complexity index is 695. The van der Waals surface area contributed by atoms with Crippen LogP contribution in [0.1, 0.15) is 42.9 Å². The van der Waals surface area contributed by atoms with Gasteiger partial charge in [-0.1, -0.05) is 5.16 Å². The fourth-order valence-corrected chi connectivity index (χ4v) is 2.97. The second-order valence-electron chi connectivity index (χ2n) is 5.85. The number of hydrogen-bond donors (Lipinski definition) is 0. The maximum absolute atomic E-state index is 11.7. The van der Waals surface area contributed by atoms with E-state index in [1.165, 1.54) is 0 Å². The van der Waals surface area contributed by atoms with Crippen molar-refractivity contribution < 1.29 is 9.32 Å². The molecule has 0 radical (unpaired) electrons. The van der Waals surface area contributed by atoms with Crippen LogP contribution in [0.2, 0.25) is 0 Å². The van der Waals surface area contributed by atoms with E-state index in [1.807, 2.05) is 24.8 Å². The summed E-state index contributed by atoms with van der Waals surface area (Å²) in [6.07, 6.45) is 3.80. The summed E-state index contributed by atoms with van der Waals surface area (Å²) in [5, 5.41) is 3.95. The Morgan fingerprint density at radius 1 is 1.41 bits per heavy atom. The van der Waals surface area contributed by atoms with Crippen molar-refractivity contribution in [1.82, 2.24) is 20.0 Å². The van der Waals surface area contributed by atoms with E-state index in [2.05, 4.69) is 15.1 Å². The molecular weight excluding hydrogens is 280 g/mol. The summed E-state index contributed by atoms with van der Waals surface area (Å²) in [5.74, 6) is 1.75. The van der Waals surface area contributed by atoms with Crippen LogP contribution in [0.3, 0.4) is 0 Å². The third-order valence-corrected chi connectivity index (χ3v) is 4.09. The number of piperidine rings is 1. The quantitative estimate of drug-likeness (QED) is 0.852. The molecule has 1 aliphatic heterocycles. The summed E-state index contributed by atoms with van der Waals surface area (Å²) in [4.78, 5) is 22.5. The van der Waals surface area contributed by atoms with Gasteiger partial charge in [-0.15, -0.1) is 0 Å². The molecule has 6 heteroatoms. The van der Waals surface area contributed by atoms with Crippen molar-refractivity contribution in [2.24, 2.45) is 0 Å². The number of carbonyl (C=O) groups excluding carboxylic acids is 1. The van der Waals surface area contributed by atoms with Crippen LogP contribution in [-0.4, -0.2) is 39.0 Å². The molecular formula is C16H20N4O2. The lowest BCUT2D eigenvalue weighted by atomic mass is 9.91. The zero-order valence-corrected chi connectivity index (χ0v) is 13.2. The lowest BCUT2D eigenvalue weighted by Gasteiger charge is -2.32. The van der Waals surface area contributed by atoms with E-state index in [1.54, 1.807) is 13.1 Å². The van der Waals surface area contributed by atoms with Crippen LogP contribution in [-0.2, 0) is 4.79 Å². The number of aryl methyl sites for hydroxylation is 2. The molecule has 2 aromatic heterocycles. The Labute approximate surface area is 129 Å². The standard InChI is InChI=1S/C16H20N4O2/c1-10-7-15(22-19-10)14-8-17-11(2)18-16(14)13-5-4-6-20(9-13)12(3)21/h7-8,13H,4-6,9H2,1-3H3/t13-/m0/s1. The summed E-state index contributed by atoms with van der Waals surface area (Å²) in [6, 6.07) is 1.89. The van der Waals surface area contributed by atoms with Crippen LogP contribution in [0.15, 0.2) is 16.8 Å². The monoisotopic (exact) mass is 300 g/mol. The first kappa shape index (κ1) is 14.7. The molecule has 1 amide bonds. The first-order chi connectivity index (χ1) is 10.5. The number of aromatic nitrogens is 3. The lowest BCUT2D eigenvalue weighted by molar-refractivity contribution is -0.130. The van der Waals surface area contributed by atoms with Crippen LogP contribution in [0, 0.1) is 13.8 Å². The predicted octanol–water partition coefficient (Wildman–Crippen LogP) is 2.47. The van der Waals surface area contributed by atoms with Crippen LogP contribution in [0.25, 0.3) is 11.3 Å². The second kappa shape index (κ2) is 5.87. The highest BCUT2D eigenvalue weighted by Gasteiger charge is 2.27. The van der Waals surface area contributed by atoms with E-state index in [0.29, 0.717) is 12.3 Å². The van der Waals surface area contributed by atoms with Crippen molar-refractivity contribution in [3.63, 3.8) is 0 Å². The molecule has 0 N–H and O–H groups in total. The number of amides is 1. The Morgan fingerprint density at radius 2 is 2.23 bits per heavy atom. The van der Waals surface area contributed by atoms with Gasteiger partial charge in [-0.3, -0.25) is 4.79 Å². The van der Waals surface area contributed by atoms with E-state index in [0.717, 1.165) is 42.2 Å². The number of rotatable bonds is 2. The summed E-state index contributed by atoms with van der Waals surface area (Å²) in [6.45, 7) is 6.91. The van der Waals surface area contributed by atoms with Crippen molar-refractivity contribution in [1.29, 1.82) is 0 Å². The molecule has 22 heavy (non-hydrogen) atoms. The average molecular weight is 300 g/mol. The predicted molar refractivity (Wildman–Crippen MR) is 81.2 cm³/mol. The van der Waals surface area contributed by atoms with Gasteiger partial charge in [-0.2, -0.15) is 0 Å². The fraction of sp³-hybridized carbons (Fsp3) is 0.500. The van der Waals surface area contributed by atoms with Gasteiger partial charge in [-0.05, 0) is 26.7 Å². The summed E-state index contributed by atoms with van der Waals surface area (Å²) >= 11 is 0. The zero-order valence-electron chi connectivity index (χ0n) is 13.2. The van der Waals surface area contributed by atoms with Gasteiger partial charge in [0.05, 0.1) is 17.0 Å². The average Bonchev–Trinajstić information content (AvgIpc) is 2.93. The van der Waals surface area contributed by atoms with E-state index in [9.17, 15) is 4.79 Å². The fourth-order valence-electron chi connectivity index (χ4n) is 2.97. The molecule has 0 unspecified atom stereocenters. The molecule has 0 saturated carbocycles. The van der Waals surface area contributed by atoms with Crippen LogP contribution in [0.4, 0.5) is 0 Å². The summed E-state index contributed by atoms with van der Waals surface area (Å²) < 4.78 is 5.39. The minimum atomic E-state index is 0.118. The van der Waals surface area contributed by atoms with Crippen LogP contribution in [0.5, 0.6) is 0 Å². The smallest absolute Gasteiger partial charge is 0.219 e. The Kier molecular flexibility index (Phi) is 3.92. The van der Waals surface area contributed by atoms with Crippen molar-refractivity contribution in [2.45, 2.75) is 39.5 Å². The normalized spacial score (nSPS) is 18.5. The Morgan fingerprint density at radius 3 is 2.91 bits per heavy atom. The number of nitrogens with zero attached hydrogens (tertiary/aromatic N) is 4. The molecule has 0 aromatic carbocycles. The highest BCUT2D eigenvalue weighted by atomic mass is 16.5. The van der Waals surface area contributed by atoms with Gasteiger partial charge in [-0.25, -0.2) is 9.97 Å². The third kappa shape index (κ3) is 2.86. The Balaban J connectivity index is 1.98. The van der Waals surface area contributed by atoms with E-state index >= 15 is 0 Å². The van der Waals surface area contributed by atoms with E-state index in [4.69, 9.17) is 4.52 Å². The molecule has 3 rings (SSSR count). The van der Waals surface area contributed by atoms with Gasteiger partial charge >= 0.3 is 0 Å². The minimum Gasteiger partial charge on any atom is -0.356 e. The highest BCUT2D eigenvalue weighted by Crippen LogP contribution is 2.33. The first-order valence-corrected chi connectivity index (χ1v) is 7.57. The molecule has 1 aliphatic rings. The maximum Gasteiger partial charge on any atom is 0.219 e. The maximum atomic E-state index is 11.7. The van der Waals surface area contributed by atoms with Crippen molar-refractivity contribution in [2.75, 3.05) is 13.1 Å². The second-order valence-corrected chi connectivity index (χ2v) is 5.85. The zero-order chi connectivity index (χ0) is 15.7. The first-order valence-electron chi connectivity index (χ1n) is 7.57. The van der Waals surface area contributed by atoms with Crippen molar-refractivity contribution in [3.8, 4) is 11.3 Å². The van der Waals surface area contributed by atoms with Gasteiger partial charge < -0.3 is 9.42 Å². The largest absolute Gasteiger partial charge is 0.356 e. The number of carbonyl (C=O) groups is 1. The van der Waals surface area contributed by atoms with Crippen molar-refractivity contribution >= 4 is 5.91 Å². The highest BCUT2D eigenvalue weighted by molar-refractivity contribution is 5.73. The summed E-state index contributed by atoms with van der Waals surface area (Å²) in [5.41, 5.74) is 2.66. The molecule has 116 valence electrons. The number of hydrogen-bond acceptors (Lipinski definition) is 5. The van der Waals surface area contributed by atoms with Gasteiger partial charge in [0.2, 0.25) is 5.91 Å². The van der Waals surface area contributed by atoms with Gasteiger partial charge in [0.1, 0.15) is 5.82 Å². The molecule has 1 saturated heterocycles. The van der Waals surface area contributed by atoms with Crippen LogP contribution < -0.4 is 0 Å². The van der Waals surface area contributed by atoms with E-state index in [-0.39, 0.29) is 11.8 Å². The molecule has 0 aliphatic carbocycles. The molecule has 6 nitrogen and oxygen atoms in total.